The van der Waals surface area contributed by atoms with Gasteiger partial charge in [0, 0.05) is 23.6 Å². The SMILES string of the molecule is COC(=O)C(N)CSCc1cccc([N+](=O)[O-])c1. The van der Waals surface area contributed by atoms with Crippen LogP contribution in [-0.2, 0) is 15.3 Å². The highest BCUT2D eigenvalue weighted by atomic mass is 32.2. The van der Waals surface area contributed by atoms with Crippen LogP contribution in [0.4, 0.5) is 5.69 Å². The molecule has 0 aliphatic rings. The molecule has 1 aromatic rings. The molecule has 1 aromatic carbocycles. The van der Waals surface area contributed by atoms with Gasteiger partial charge in [-0.15, -0.1) is 0 Å². The van der Waals surface area contributed by atoms with Crippen molar-refractivity contribution in [3.05, 3.63) is 39.9 Å². The molecule has 0 saturated heterocycles. The first kappa shape index (κ1) is 14.5. The maximum atomic E-state index is 11.0. The van der Waals surface area contributed by atoms with Crippen molar-refractivity contribution in [3.63, 3.8) is 0 Å². The number of ether oxygens (including phenoxy) is 1. The molecule has 0 amide bonds. The third kappa shape index (κ3) is 4.34. The van der Waals surface area contributed by atoms with E-state index in [1.165, 1.54) is 31.0 Å². The Morgan fingerprint density at radius 3 is 2.94 bits per heavy atom. The van der Waals surface area contributed by atoms with E-state index in [2.05, 4.69) is 4.74 Å². The van der Waals surface area contributed by atoms with Gasteiger partial charge in [-0.2, -0.15) is 11.8 Å². The number of nitrogens with two attached hydrogens (primary N) is 1. The Bertz CT molecular complexity index is 439. The zero-order valence-electron chi connectivity index (χ0n) is 9.87. The van der Waals surface area contributed by atoms with Gasteiger partial charge in [-0.25, -0.2) is 0 Å². The number of nitro benzene ring substituents is 1. The lowest BCUT2D eigenvalue weighted by Gasteiger charge is -2.08. The van der Waals surface area contributed by atoms with E-state index in [-0.39, 0.29) is 5.69 Å². The van der Waals surface area contributed by atoms with E-state index < -0.39 is 16.9 Å². The first-order valence-corrected chi connectivity index (χ1v) is 6.34. The maximum Gasteiger partial charge on any atom is 0.323 e. The lowest BCUT2D eigenvalue weighted by atomic mass is 10.2. The first-order chi connectivity index (χ1) is 8.54. The summed E-state index contributed by atoms with van der Waals surface area (Å²) in [6.07, 6.45) is 0. The Hall–Kier alpha value is -1.60. The molecule has 18 heavy (non-hydrogen) atoms. The van der Waals surface area contributed by atoms with Crippen LogP contribution in [0.15, 0.2) is 24.3 Å². The summed E-state index contributed by atoms with van der Waals surface area (Å²) in [4.78, 5) is 21.2. The molecule has 0 spiro atoms. The zero-order chi connectivity index (χ0) is 13.5. The quantitative estimate of drug-likeness (QED) is 0.476. The van der Waals surface area contributed by atoms with Crippen LogP contribution in [0.5, 0.6) is 0 Å². The number of hydrogen-bond acceptors (Lipinski definition) is 6. The van der Waals surface area contributed by atoms with Gasteiger partial charge in [-0.3, -0.25) is 14.9 Å². The van der Waals surface area contributed by atoms with Crippen molar-refractivity contribution in [2.75, 3.05) is 12.9 Å². The summed E-state index contributed by atoms with van der Waals surface area (Å²) in [5, 5.41) is 10.6. The van der Waals surface area contributed by atoms with Gasteiger partial charge >= 0.3 is 5.97 Å². The summed E-state index contributed by atoms with van der Waals surface area (Å²) >= 11 is 1.43. The minimum atomic E-state index is -0.668. The second kappa shape index (κ2) is 6.97. The molecule has 0 aromatic heterocycles. The highest BCUT2D eigenvalue weighted by Crippen LogP contribution is 2.18. The monoisotopic (exact) mass is 270 g/mol. The lowest BCUT2D eigenvalue weighted by molar-refractivity contribution is -0.384. The first-order valence-electron chi connectivity index (χ1n) is 5.19. The number of hydrogen-bond donors (Lipinski definition) is 1. The van der Waals surface area contributed by atoms with Gasteiger partial charge in [-0.05, 0) is 5.56 Å². The van der Waals surface area contributed by atoms with Crippen LogP contribution in [0, 0.1) is 10.1 Å². The number of thioether (sulfide) groups is 1. The van der Waals surface area contributed by atoms with Crippen molar-refractivity contribution in [2.24, 2.45) is 5.73 Å². The average Bonchev–Trinajstić information content (AvgIpc) is 2.38. The molecule has 0 fully saturated rings. The maximum absolute atomic E-state index is 11.0. The number of rotatable bonds is 6. The third-order valence-corrected chi connectivity index (χ3v) is 3.32. The number of methoxy groups -OCH3 is 1. The molecular formula is C11H14N2O4S. The largest absolute Gasteiger partial charge is 0.468 e. The zero-order valence-corrected chi connectivity index (χ0v) is 10.7. The van der Waals surface area contributed by atoms with Crippen molar-refractivity contribution < 1.29 is 14.5 Å². The number of nitrogens with zero attached hydrogens (tertiary/aromatic N) is 1. The second-order valence-corrected chi connectivity index (χ2v) is 4.60. The van der Waals surface area contributed by atoms with Gasteiger partial charge in [-0.1, -0.05) is 12.1 Å². The molecule has 1 atom stereocenters. The van der Waals surface area contributed by atoms with E-state index in [1.807, 2.05) is 0 Å². The van der Waals surface area contributed by atoms with Crippen LogP contribution in [-0.4, -0.2) is 29.8 Å². The third-order valence-electron chi connectivity index (χ3n) is 2.19. The van der Waals surface area contributed by atoms with E-state index in [4.69, 9.17) is 5.73 Å². The summed E-state index contributed by atoms with van der Waals surface area (Å²) in [6, 6.07) is 5.71. The van der Waals surface area contributed by atoms with Crippen molar-refractivity contribution in [3.8, 4) is 0 Å². The topological polar surface area (TPSA) is 95.5 Å². The lowest BCUT2D eigenvalue weighted by Crippen LogP contribution is -2.33. The van der Waals surface area contributed by atoms with Crippen LogP contribution in [0.1, 0.15) is 5.56 Å². The molecule has 0 heterocycles. The summed E-state index contributed by atoms with van der Waals surface area (Å²) in [5.41, 5.74) is 6.45. The van der Waals surface area contributed by atoms with Gasteiger partial charge in [0.15, 0.2) is 0 Å². The molecule has 0 radical (unpaired) electrons. The fourth-order valence-corrected chi connectivity index (χ4v) is 2.21. The Balaban J connectivity index is 2.46. The van der Waals surface area contributed by atoms with Crippen LogP contribution in [0.25, 0.3) is 0 Å². The average molecular weight is 270 g/mol. The van der Waals surface area contributed by atoms with E-state index in [0.29, 0.717) is 11.5 Å². The molecule has 0 bridgehead atoms. The molecule has 0 aliphatic heterocycles. The molecule has 7 heteroatoms. The summed E-state index contributed by atoms with van der Waals surface area (Å²) < 4.78 is 4.50. The standard InChI is InChI=1S/C11H14N2O4S/c1-17-11(14)10(12)7-18-6-8-3-2-4-9(5-8)13(15)16/h2-5,10H,6-7,12H2,1H3. The van der Waals surface area contributed by atoms with Gasteiger partial charge in [0.05, 0.1) is 12.0 Å². The van der Waals surface area contributed by atoms with Crippen LogP contribution >= 0.6 is 11.8 Å². The van der Waals surface area contributed by atoms with E-state index in [0.717, 1.165) is 5.56 Å². The Morgan fingerprint density at radius 1 is 1.61 bits per heavy atom. The van der Waals surface area contributed by atoms with Crippen LogP contribution in [0.2, 0.25) is 0 Å². The molecule has 0 saturated carbocycles. The van der Waals surface area contributed by atoms with Gasteiger partial charge < -0.3 is 10.5 Å². The minimum Gasteiger partial charge on any atom is -0.468 e. The van der Waals surface area contributed by atoms with E-state index in [9.17, 15) is 14.9 Å². The normalized spacial score (nSPS) is 11.9. The smallest absolute Gasteiger partial charge is 0.323 e. The second-order valence-electron chi connectivity index (χ2n) is 3.57. The summed E-state index contributed by atoms with van der Waals surface area (Å²) in [7, 11) is 1.29. The predicted molar refractivity (Wildman–Crippen MR) is 69.2 cm³/mol. The fraction of sp³-hybridized carbons (Fsp3) is 0.364. The van der Waals surface area contributed by atoms with Crippen molar-refractivity contribution in [2.45, 2.75) is 11.8 Å². The number of esters is 1. The van der Waals surface area contributed by atoms with E-state index >= 15 is 0 Å². The van der Waals surface area contributed by atoms with Crippen LogP contribution < -0.4 is 5.73 Å². The molecule has 6 nitrogen and oxygen atoms in total. The van der Waals surface area contributed by atoms with Crippen molar-refractivity contribution in [1.29, 1.82) is 0 Å². The van der Waals surface area contributed by atoms with Gasteiger partial charge in [0.2, 0.25) is 0 Å². The fourth-order valence-electron chi connectivity index (χ4n) is 1.28. The van der Waals surface area contributed by atoms with Gasteiger partial charge in [0.25, 0.3) is 5.69 Å². The highest BCUT2D eigenvalue weighted by molar-refractivity contribution is 7.98. The van der Waals surface area contributed by atoms with Crippen molar-refractivity contribution >= 4 is 23.4 Å². The summed E-state index contributed by atoms with van der Waals surface area (Å²) in [5.74, 6) is 0.517. The number of carbonyl (C=O) groups excluding carboxylic acids is 1. The highest BCUT2D eigenvalue weighted by Gasteiger charge is 2.13. The van der Waals surface area contributed by atoms with Crippen LogP contribution in [0.3, 0.4) is 0 Å². The molecule has 1 rings (SSSR count). The predicted octanol–water partition coefficient (Wildman–Crippen LogP) is 1.33. The number of carbonyl (C=O) groups is 1. The molecule has 98 valence electrons. The van der Waals surface area contributed by atoms with E-state index in [1.54, 1.807) is 12.1 Å². The molecular weight excluding hydrogens is 256 g/mol. The summed E-state index contributed by atoms with van der Waals surface area (Å²) in [6.45, 7) is 0. The Labute approximate surface area is 109 Å². The van der Waals surface area contributed by atoms with Gasteiger partial charge in [0.1, 0.15) is 6.04 Å². The number of non-ortho nitro benzene ring substituents is 1. The Kier molecular flexibility index (Phi) is 5.60. The minimum absolute atomic E-state index is 0.0605. The molecule has 2 N–H and O–H groups in total. The van der Waals surface area contributed by atoms with Crippen molar-refractivity contribution in [1.82, 2.24) is 0 Å². The molecule has 0 aliphatic carbocycles. The molecule has 1 unspecified atom stereocenters. The Morgan fingerprint density at radius 2 is 2.33 bits per heavy atom. The number of benzene rings is 1. The number of nitro groups is 1.